The summed E-state index contributed by atoms with van der Waals surface area (Å²) >= 11 is 5.44. The Balaban J connectivity index is 0.000000191. The number of hydrogen-bond acceptors (Lipinski definition) is 2. The predicted octanol–water partition coefficient (Wildman–Crippen LogP) is 4.21. The van der Waals surface area contributed by atoms with Gasteiger partial charge in [-0.1, -0.05) is 49.6 Å². The van der Waals surface area contributed by atoms with E-state index in [4.69, 9.17) is 16.3 Å². The summed E-state index contributed by atoms with van der Waals surface area (Å²) in [5.41, 5.74) is 1.22. The molecule has 1 aliphatic carbocycles. The van der Waals surface area contributed by atoms with Crippen molar-refractivity contribution in [1.82, 2.24) is 0 Å². The number of benzene rings is 1. The Morgan fingerprint density at radius 2 is 1.84 bits per heavy atom. The van der Waals surface area contributed by atoms with Crippen molar-refractivity contribution in [2.45, 2.75) is 38.7 Å². The quantitative estimate of drug-likeness (QED) is 0.774. The zero-order chi connectivity index (χ0) is 13.9. The zero-order valence-corrected chi connectivity index (χ0v) is 12.4. The summed E-state index contributed by atoms with van der Waals surface area (Å²) in [7, 11) is 1.70. The van der Waals surface area contributed by atoms with Gasteiger partial charge in [-0.15, -0.1) is 11.6 Å². The average Bonchev–Trinajstić information content (AvgIpc) is 2.49. The van der Waals surface area contributed by atoms with Gasteiger partial charge in [0.1, 0.15) is 0 Å². The molecule has 0 radical (unpaired) electrons. The third kappa shape index (κ3) is 6.74. The summed E-state index contributed by atoms with van der Waals surface area (Å²) in [6, 6.07) is 10.1. The topological polar surface area (TPSA) is 26.3 Å². The van der Waals surface area contributed by atoms with Gasteiger partial charge in [-0.05, 0) is 18.4 Å². The highest BCUT2D eigenvalue weighted by Crippen LogP contribution is 2.24. The Hall–Kier alpha value is -0.860. The van der Waals surface area contributed by atoms with Crippen molar-refractivity contribution in [2.24, 2.45) is 5.92 Å². The Labute approximate surface area is 121 Å². The Morgan fingerprint density at radius 1 is 1.21 bits per heavy atom. The first-order chi connectivity index (χ1) is 9.27. The van der Waals surface area contributed by atoms with Gasteiger partial charge in [-0.3, -0.25) is 4.79 Å². The van der Waals surface area contributed by atoms with E-state index in [1.54, 1.807) is 7.11 Å². The summed E-state index contributed by atoms with van der Waals surface area (Å²) in [4.78, 5) is 11.0. The fourth-order valence-electron chi connectivity index (χ4n) is 2.27. The third-order valence-electron chi connectivity index (χ3n) is 3.35. The molecule has 0 aromatic heterocycles. The molecule has 0 atom stereocenters. The number of methoxy groups -OCH3 is 1. The Bertz CT molecular complexity index is 345. The van der Waals surface area contributed by atoms with E-state index in [9.17, 15) is 4.79 Å². The number of rotatable bonds is 4. The van der Waals surface area contributed by atoms with Crippen molar-refractivity contribution in [2.75, 3.05) is 13.0 Å². The van der Waals surface area contributed by atoms with Crippen LogP contribution in [0.5, 0.6) is 0 Å². The lowest BCUT2D eigenvalue weighted by atomic mass is 9.87. The number of carbonyl (C=O) groups is 1. The molecule has 0 spiro atoms. The van der Waals surface area contributed by atoms with Gasteiger partial charge in [0.2, 0.25) is 0 Å². The number of hydrogen-bond donors (Lipinski definition) is 0. The van der Waals surface area contributed by atoms with E-state index in [0.29, 0.717) is 12.5 Å². The normalized spacial score (nSPS) is 15.5. The van der Waals surface area contributed by atoms with Crippen molar-refractivity contribution < 1.29 is 9.53 Å². The zero-order valence-electron chi connectivity index (χ0n) is 11.6. The fourth-order valence-corrected chi connectivity index (χ4v) is 2.49. The van der Waals surface area contributed by atoms with Crippen LogP contribution in [0.3, 0.4) is 0 Å². The van der Waals surface area contributed by atoms with Crippen molar-refractivity contribution in [3.05, 3.63) is 35.9 Å². The molecular formula is C16H23ClO2. The lowest BCUT2D eigenvalue weighted by Crippen LogP contribution is -2.18. The van der Waals surface area contributed by atoms with Crippen LogP contribution in [-0.2, 0) is 16.1 Å². The molecule has 3 heteroatoms. The van der Waals surface area contributed by atoms with Gasteiger partial charge in [0.05, 0.1) is 12.5 Å². The average molecular weight is 283 g/mol. The summed E-state index contributed by atoms with van der Waals surface area (Å²) < 4.78 is 4.93. The molecule has 1 fully saturated rings. The molecular weight excluding hydrogens is 260 g/mol. The van der Waals surface area contributed by atoms with Crippen LogP contribution in [0, 0.1) is 5.92 Å². The van der Waals surface area contributed by atoms with Gasteiger partial charge in [0.25, 0.3) is 0 Å². The molecule has 2 rings (SSSR count). The Morgan fingerprint density at radius 3 is 2.37 bits per heavy atom. The Kier molecular flexibility index (Phi) is 8.52. The molecule has 0 aliphatic heterocycles. The minimum absolute atomic E-state index is 0.213. The van der Waals surface area contributed by atoms with Crippen molar-refractivity contribution in [1.29, 1.82) is 0 Å². The highest BCUT2D eigenvalue weighted by molar-refractivity contribution is 6.27. The van der Waals surface area contributed by atoms with E-state index in [1.807, 2.05) is 30.3 Å². The van der Waals surface area contributed by atoms with Crippen LogP contribution in [0.4, 0.5) is 0 Å². The van der Waals surface area contributed by atoms with Crippen LogP contribution in [0.1, 0.15) is 37.7 Å². The second-order valence-electron chi connectivity index (χ2n) is 4.85. The molecule has 0 N–H and O–H groups in total. The minimum atomic E-state index is 0.213. The third-order valence-corrected chi connectivity index (χ3v) is 3.61. The van der Waals surface area contributed by atoms with E-state index >= 15 is 0 Å². The number of Topliss-reactive ketones (excluding diaryl/α,β-unsaturated/α-hetero) is 1. The number of halogens is 1. The first-order valence-electron chi connectivity index (χ1n) is 6.89. The summed E-state index contributed by atoms with van der Waals surface area (Å²) in [6.45, 7) is 0.709. The van der Waals surface area contributed by atoms with Crippen molar-refractivity contribution in [3.63, 3.8) is 0 Å². The molecule has 0 amide bonds. The van der Waals surface area contributed by atoms with Crippen LogP contribution in [-0.4, -0.2) is 18.8 Å². The molecule has 1 aliphatic rings. The largest absolute Gasteiger partial charge is 0.380 e. The van der Waals surface area contributed by atoms with Gasteiger partial charge in [-0.2, -0.15) is 0 Å². The van der Waals surface area contributed by atoms with E-state index in [0.717, 1.165) is 12.8 Å². The number of ether oxygens (including phenoxy) is 1. The molecule has 0 saturated heterocycles. The van der Waals surface area contributed by atoms with E-state index < -0.39 is 0 Å². The van der Waals surface area contributed by atoms with Gasteiger partial charge >= 0.3 is 0 Å². The lowest BCUT2D eigenvalue weighted by molar-refractivity contribution is -0.121. The van der Waals surface area contributed by atoms with Crippen LogP contribution >= 0.6 is 11.6 Å². The summed E-state index contributed by atoms with van der Waals surface area (Å²) in [5, 5.41) is 0. The number of ketones is 1. The minimum Gasteiger partial charge on any atom is -0.380 e. The molecule has 1 saturated carbocycles. The van der Waals surface area contributed by atoms with Gasteiger partial charge in [0.15, 0.2) is 5.78 Å². The van der Waals surface area contributed by atoms with Gasteiger partial charge in [-0.25, -0.2) is 0 Å². The molecule has 1 aromatic rings. The van der Waals surface area contributed by atoms with Gasteiger partial charge < -0.3 is 4.74 Å². The molecule has 0 bridgehead atoms. The number of alkyl halides is 1. The lowest BCUT2D eigenvalue weighted by Gasteiger charge is -2.18. The first kappa shape index (κ1) is 16.2. The van der Waals surface area contributed by atoms with Crippen molar-refractivity contribution in [3.8, 4) is 0 Å². The first-order valence-corrected chi connectivity index (χ1v) is 7.43. The highest BCUT2D eigenvalue weighted by Gasteiger charge is 2.19. The molecule has 0 heterocycles. The van der Waals surface area contributed by atoms with Crippen molar-refractivity contribution >= 4 is 17.4 Å². The predicted molar refractivity (Wildman–Crippen MR) is 79.5 cm³/mol. The van der Waals surface area contributed by atoms with Crippen LogP contribution in [0.15, 0.2) is 30.3 Å². The maximum Gasteiger partial charge on any atom is 0.150 e. The smallest absolute Gasteiger partial charge is 0.150 e. The maximum atomic E-state index is 11.0. The van der Waals surface area contributed by atoms with E-state index in [2.05, 4.69) is 0 Å². The van der Waals surface area contributed by atoms with Crippen LogP contribution in [0.25, 0.3) is 0 Å². The summed E-state index contributed by atoms with van der Waals surface area (Å²) in [5.74, 6) is 0.762. The maximum absolute atomic E-state index is 11.0. The molecule has 106 valence electrons. The van der Waals surface area contributed by atoms with E-state index in [1.165, 1.54) is 24.8 Å². The van der Waals surface area contributed by atoms with E-state index in [-0.39, 0.29) is 11.7 Å². The monoisotopic (exact) mass is 282 g/mol. The fraction of sp³-hybridized carbons (Fsp3) is 0.562. The SMILES string of the molecule is COCc1ccccc1.O=C(CCl)C1CCCCC1. The standard InChI is InChI=1S/C8H13ClO.C8H10O/c9-6-8(10)7-4-2-1-3-5-7;1-9-7-8-5-3-2-4-6-8/h7H,1-6H2;2-6H,7H2,1H3. The van der Waals surface area contributed by atoms with Gasteiger partial charge in [0, 0.05) is 13.0 Å². The number of carbonyl (C=O) groups excluding carboxylic acids is 1. The molecule has 1 aromatic carbocycles. The summed E-state index contributed by atoms with van der Waals surface area (Å²) in [6.07, 6.45) is 5.88. The molecule has 0 unspecified atom stereocenters. The molecule has 19 heavy (non-hydrogen) atoms. The second kappa shape index (κ2) is 9.99. The molecule has 2 nitrogen and oxygen atoms in total. The highest BCUT2D eigenvalue weighted by atomic mass is 35.5. The van der Waals surface area contributed by atoms with Crippen LogP contribution < -0.4 is 0 Å². The van der Waals surface area contributed by atoms with Crippen LogP contribution in [0.2, 0.25) is 0 Å². The second-order valence-corrected chi connectivity index (χ2v) is 5.12.